The van der Waals surface area contributed by atoms with Gasteiger partial charge in [0.2, 0.25) is 6.71 Å². The Morgan fingerprint density at radius 1 is 0.561 bits per heavy atom. The van der Waals surface area contributed by atoms with E-state index in [9.17, 15) is 0 Å². The van der Waals surface area contributed by atoms with Crippen LogP contribution in [0, 0.1) is 13.8 Å². The maximum Gasteiger partial charge on any atom is 0.248 e. The molecule has 9 rings (SSSR count). The molecular formula is C38H26BNO. The molecule has 2 aliphatic heterocycles. The zero-order chi connectivity index (χ0) is 27.2. The van der Waals surface area contributed by atoms with E-state index in [-0.39, 0.29) is 6.71 Å². The number of benzene rings is 6. The first-order valence-corrected chi connectivity index (χ1v) is 14.3. The standard InChI is InChI=1S/C38H26BNO/c1-23-11-3-7-18-32(23)40-33-22-25(26-15-10-20-35-36(26)28-14-5-8-19-34(28)41-35)21-29-27-13-4-6-16-30(27)39(37(29)33)31-17-9-12-24(2)38(31)40/h3-22H,1-2H3. The molecule has 6 aromatic carbocycles. The van der Waals surface area contributed by atoms with Gasteiger partial charge in [0.1, 0.15) is 11.2 Å². The number of furan rings is 1. The molecule has 7 aromatic rings. The highest BCUT2D eigenvalue weighted by molar-refractivity contribution is 7.01. The fourth-order valence-electron chi connectivity index (χ4n) is 7.40. The van der Waals surface area contributed by atoms with Gasteiger partial charge in [0, 0.05) is 27.8 Å². The summed E-state index contributed by atoms with van der Waals surface area (Å²) in [4.78, 5) is 2.53. The van der Waals surface area contributed by atoms with Crippen LogP contribution < -0.4 is 21.3 Å². The summed E-state index contributed by atoms with van der Waals surface area (Å²) in [6.45, 7) is 4.68. The highest BCUT2D eigenvalue weighted by Crippen LogP contribution is 2.46. The topological polar surface area (TPSA) is 16.4 Å². The van der Waals surface area contributed by atoms with E-state index >= 15 is 0 Å². The first-order chi connectivity index (χ1) is 20.2. The van der Waals surface area contributed by atoms with E-state index < -0.39 is 0 Å². The quantitative estimate of drug-likeness (QED) is 0.213. The van der Waals surface area contributed by atoms with Gasteiger partial charge in [-0.15, -0.1) is 0 Å². The molecule has 192 valence electrons. The smallest absolute Gasteiger partial charge is 0.248 e. The van der Waals surface area contributed by atoms with Gasteiger partial charge in [-0.1, -0.05) is 96.5 Å². The molecule has 0 fully saturated rings. The predicted octanol–water partition coefficient (Wildman–Crippen LogP) is 8.15. The minimum atomic E-state index is 0.214. The van der Waals surface area contributed by atoms with Gasteiger partial charge in [-0.25, -0.2) is 0 Å². The number of nitrogens with zero attached hydrogens (tertiary/aromatic N) is 1. The Morgan fingerprint density at radius 2 is 1.27 bits per heavy atom. The Kier molecular flexibility index (Phi) is 4.58. The van der Waals surface area contributed by atoms with Crippen molar-refractivity contribution in [3.63, 3.8) is 0 Å². The molecule has 0 amide bonds. The molecule has 3 heteroatoms. The number of anilines is 3. The summed E-state index contributed by atoms with van der Waals surface area (Å²) in [5.74, 6) is 0. The predicted molar refractivity (Wildman–Crippen MR) is 173 cm³/mol. The lowest BCUT2D eigenvalue weighted by Crippen LogP contribution is -2.55. The van der Waals surface area contributed by atoms with Crippen LogP contribution in [-0.2, 0) is 0 Å². The van der Waals surface area contributed by atoms with Gasteiger partial charge >= 0.3 is 0 Å². The summed E-state index contributed by atoms with van der Waals surface area (Å²) < 4.78 is 6.31. The van der Waals surface area contributed by atoms with Crippen molar-refractivity contribution in [3.8, 4) is 22.3 Å². The normalized spacial score (nSPS) is 13.0. The van der Waals surface area contributed by atoms with E-state index in [0.717, 1.165) is 16.6 Å². The highest BCUT2D eigenvalue weighted by Gasteiger charge is 2.43. The van der Waals surface area contributed by atoms with Crippen LogP contribution >= 0.6 is 0 Å². The largest absolute Gasteiger partial charge is 0.456 e. The summed E-state index contributed by atoms with van der Waals surface area (Å²) in [6, 6.07) is 44.2. The molecule has 1 aromatic heterocycles. The zero-order valence-corrected chi connectivity index (χ0v) is 23.0. The first kappa shape index (κ1) is 22.8. The molecule has 0 atom stereocenters. The van der Waals surface area contributed by atoms with Crippen molar-refractivity contribution in [3.05, 3.63) is 132 Å². The van der Waals surface area contributed by atoms with E-state index in [2.05, 4.69) is 134 Å². The van der Waals surface area contributed by atoms with Crippen LogP contribution in [0.2, 0.25) is 0 Å². The molecule has 0 saturated carbocycles. The van der Waals surface area contributed by atoms with Crippen LogP contribution in [0.25, 0.3) is 44.2 Å². The van der Waals surface area contributed by atoms with Crippen molar-refractivity contribution in [2.45, 2.75) is 13.8 Å². The third kappa shape index (κ3) is 3.04. The van der Waals surface area contributed by atoms with Crippen molar-refractivity contribution >= 4 is 62.1 Å². The molecule has 3 heterocycles. The summed E-state index contributed by atoms with van der Waals surface area (Å²) in [6.07, 6.45) is 0. The first-order valence-electron chi connectivity index (χ1n) is 14.3. The third-order valence-electron chi connectivity index (χ3n) is 9.12. The summed E-state index contributed by atoms with van der Waals surface area (Å²) >= 11 is 0. The maximum absolute atomic E-state index is 6.31. The van der Waals surface area contributed by atoms with Gasteiger partial charge in [0.15, 0.2) is 0 Å². The molecule has 41 heavy (non-hydrogen) atoms. The number of fused-ring (bicyclic) bond motifs is 8. The van der Waals surface area contributed by atoms with Crippen LogP contribution in [-0.4, -0.2) is 6.71 Å². The van der Waals surface area contributed by atoms with E-state index in [1.807, 2.05) is 6.07 Å². The zero-order valence-electron chi connectivity index (χ0n) is 23.0. The fourth-order valence-corrected chi connectivity index (χ4v) is 7.40. The van der Waals surface area contributed by atoms with Crippen molar-refractivity contribution in [2.24, 2.45) is 0 Å². The number of hydrogen-bond acceptors (Lipinski definition) is 2. The van der Waals surface area contributed by atoms with Gasteiger partial charge in [-0.05, 0) is 88.5 Å². The second-order valence-electron chi connectivity index (χ2n) is 11.4. The Hall–Kier alpha value is -5.02. The Balaban J connectivity index is 1.43. The maximum atomic E-state index is 6.31. The van der Waals surface area contributed by atoms with Crippen molar-refractivity contribution < 1.29 is 4.42 Å². The molecule has 2 nitrogen and oxygen atoms in total. The number of rotatable bonds is 2. The van der Waals surface area contributed by atoms with Crippen LogP contribution in [0.15, 0.2) is 126 Å². The molecule has 0 N–H and O–H groups in total. The lowest BCUT2D eigenvalue weighted by molar-refractivity contribution is 0.669. The second kappa shape index (κ2) is 8.25. The number of aryl methyl sites for hydroxylation is 2. The molecule has 2 aliphatic rings. The van der Waals surface area contributed by atoms with Crippen LogP contribution in [0.4, 0.5) is 17.1 Å². The summed E-state index contributed by atoms with van der Waals surface area (Å²) in [5, 5.41) is 2.33. The minimum Gasteiger partial charge on any atom is -0.456 e. The van der Waals surface area contributed by atoms with Gasteiger partial charge < -0.3 is 9.32 Å². The Morgan fingerprint density at radius 3 is 2.20 bits per heavy atom. The lowest BCUT2D eigenvalue weighted by atomic mass is 9.37. The van der Waals surface area contributed by atoms with Crippen LogP contribution in [0.3, 0.4) is 0 Å². The van der Waals surface area contributed by atoms with Gasteiger partial charge in [-0.2, -0.15) is 0 Å². The molecule has 0 radical (unpaired) electrons. The molecule has 0 spiro atoms. The highest BCUT2D eigenvalue weighted by atomic mass is 16.3. The summed E-state index contributed by atoms with van der Waals surface area (Å²) in [7, 11) is 0. The molecule has 0 bridgehead atoms. The van der Waals surface area contributed by atoms with Crippen LogP contribution in [0.1, 0.15) is 11.1 Å². The molecule has 0 aliphatic carbocycles. The molecule has 0 saturated heterocycles. The van der Waals surface area contributed by atoms with Crippen LogP contribution in [0.5, 0.6) is 0 Å². The number of para-hydroxylation sites is 3. The van der Waals surface area contributed by atoms with E-state index in [4.69, 9.17) is 4.42 Å². The average molecular weight is 523 g/mol. The van der Waals surface area contributed by atoms with E-state index in [1.165, 1.54) is 72.2 Å². The Bertz CT molecular complexity index is 2210. The van der Waals surface area contributed by atoms with Crippen molar-refractivity contribution in [2.75, 3.05) is 4.90 Å². The third-order valence-corrected chi connectivity index (χ3v) is 9.12. The summed E-state index contributed by atoms with van der Waals surface area (Å²) in [5.41, 5.74) is 17.4. The van der Waals surface area contributed by atoms with Crippen molar-refractivity contribution in [1.29, 1.82) is 0 Å². The number of hydrogen-bond donors (Lipinski definition) is 0. The SMILES string of the molecule is Cc1ccccc1N1c2cc(-c3cccc4oc5ccccc5c34)cc3c2B(c2ccccc2-3)c2cccc(C)c21. The minimum absolute atomic E-state index is 0.214. The lowest BCUT2D eigenvalue weighted by Gasteiger charge is -2.38. The monoisotopic (exact) mass is 523 g/mol. The molecular weight excluding hydrogens is 497 g/mol. The van der Waals surface area contributed by atoms with Gasteiger partial charge in [-0.3, -0.25) is 0 Å². The van der Waals surface area contributed by atoms with Gasteiger partial charge in [0.25, 0.3) is 0 Å². The van der Waals surface area contributed by atoms with Gasteiger partial charge in [0.05, 0.1) is 0 Å². The molecule has 0 unspecified atom stereocenters. The average Bonchev–Trinajstić information content (AvgIpc) is 3.55. The van der Waals surface area contributed by atoms with Crippen molar-refractivity contribution in [1.82, 2.24) is 0 Å². The fraction of sp³-hybridized carbons (Fsp3) is 0.0526. The second-order valence-corrected chi connectivity index (χ2v) is 11.4. The van der Waals surface area contributed by atoms with E-state index in [1.54, 1.807) is 0 Å². The Labute approximate surface area is 239 Å². The van der Waals surface area contributed by atoms with E-state index in [0.29, 0.717) is 0 Å².